The Morgan fingerprint density at radius 3 is 2.72 bits per heavy atom. The van der Waals surface area contributed by atoms with Crippen molar-refractivity contribution in [3.8, 4) is 0 Å². The quantitative estimate of drug-likeness (QED) is 0.789. The van der Waals surface area contributed by atoms with Gasteiger partial charge in [0.2, 0.25) is 0 Å². The summed E-state index contributed by atoms with van der Waals surface area (Å²) in [5.74, 6) is -1.37. The molecule has 1 aromatic carbocycles. The zero-order valence-corrected chi connectivity index (χ0v) is 10.3. The number of nitrogens with zero attached hydrogens (tertiary/aromatic N) is 1. The molecule has 4 nitrogen and oxygen atoms in total. The predicted molar refractivity (Wildman–Crippen MR) is 68.4 cm³/mol. The molecule has 3 N–H and O–H groups in total. The molecule has 1 aliphatic carbocycles. The third-order valence-electron chi connectivity index (χ3n) is 3.24. The molecule has 98 valence electrons. The predicted octanol–water partition coefficient (Wildman–Crippen LogP) is 2.34. The zero-order valence-electron chi connectivity index (χ0n) is 10.3. The number of carbonyl (C=O) groups is 1. The van der Waals surface area contributed by atoms with Crippen LogP contribution in [0.25, 0.3) is 0 Å². The Hall–Kier alpha value is -1.78. The topological polar surface area (TPSA) is 66.6 Å². The molecule has 0 heterocycles. The van der Waals surface area contributed by atoms with Crippen molar-refractivity contribution in [3.05, 3.63) is 23.5 Å². The van der Waals surface area contributed by atoms with Crippen molar-refractivity contribution in [2.75, 3.05) is 23.7 Å². The summed E-state index contributed by atoms with van der Waals surface area (Å²) in [6, 6.07) is 2.42. The van der Waals surface area contributed by atoms with Gasteiger partial charge in [-0.2, -0.15) is 0 Å². The van der Waals surface area contributed by atoms with Gasteiger partial charge < -0.3 is 15.7 Å². The molecule has 0 radical (unpaired) electrons. The van der Waals surface area contributed by atoms with Crippen LogP contribution in [0, 0.1) is 11.7 Å². The van der Waals surface area contributed by atoms with Crippen molar-refractivity contribution in [2.45, 2.75) is 19.8 Å². The summed E-state index contributed by atoms with van der Waals surface area (Å²) in [6.45, 7) is 3.56. The lowest BCUT2D eigenvalue weighted by Crippen LogP contribution is -2.26. The molecule has 0 unspecified atom stereocenters. The van der Waals surface area contributed by atoms with Crippen LogP contribution in [0.2, 0.25) is 0 Å². The second-order valence-electron chi connectivity index (χ2n) is 4.68. The first-order valence-corrected chi connectivity index (χ1v) is 6.10. The number of carboxylic acid groups (broad SMARTS) is 1. The first-order valence-electron chi connectivity index (χ1n) is 6.10. The van der Waals surface area contributed by atoms with Crippen molar-refractivity contribution in [1.29, 1.82) is 0 Å². The Kier molecular flexibility index (Phi) is 3.41. The van der Waals surface area contributed by atoms with Crippen LogP contribution < -0.4 is 10.6 Å². The van der Waals surface area contributed by atoms with Gasteiger partial charge in [0, 0.05) is 19.2 Å². The summed E-state index contributed by atoms with van der Waals surface area (Å²) in [5.41, 5.74) is 6.36. The minimum atomic E-state index is -1.30. The Morgan fingerprint density at radius 2 is 2.22 bits per heavy atom. The Morgan fingerprint density at radius 1 is 1.56 bits per heavy atom. The van der Waals surface area contributed by atoms with Crippen molar-refractivity contribution >= 4 is 17.3 Å². The van der Waals surface area contributed by atoms with Crippen molar-refractivity contribution < 1.29 is 14.3 Å². The van der Waals surface area contributed by atoms with E-state index in [2.05, 4.69) is 0 Å². The fourth-order valence-corrected chi connectivity index (χ4v) is 2.03. The highest BCUT2D eigenvalue weighted by molar-refractivity contribution is 5.90. The SMILES string of the molecule is CCN(CC1CC1)c1cc(F)c(C(=O)O)cc1N. The molecule has 0 bridgehead atoms. The molecule has 0 aliphatic heterocycles. The summed E-state index contributed by atoms with van der Waals surface area (Å²) in [4.78, 5) is 12.8. The third kappa shape index (κ3) is 2.55. The van der Waals surface area contributed by atoms with E-state index >= 15 is 0 Å². The number of halogens is 1. The van der Waals surface area contributed by atoms with Gasteiger partial charge >= 0.3 is 5.97 Å². The molecule has 1 fully saturated rings. The van der Waals surface area contributed by atoms with E-state index in [1.807, 2.05) is 11.8 Å². The van der Waals surface area contributed by atoms with Crippen LogP contribution in [0.4, 0.5) is 15.8 Å². The van der Waals surface area contributed by atoms with Gasteiger partial charge in [0.05, 0.1) is 16.9 Å². The fraction of sp³-hybridized carbons (Fsp3) is 0.462. The second-order valence-corrected chi connectivity index (χ2v) is 4.68. The number of nitrogen functional groups attached to an aromatic ring is 1. The summed E-state index contributed by atoms with van der Waals surface area (Å²) in [7, 11) is 0. The number of aromatic carboxylic acids is 1. The van der Waals surface area contributed by atoms with Gasteiger partial charge in [0.1, 0.15) is 5.82 Å². The Balaban J connectivity index is 2.31. The van der Waals surface area contributed by atoms with E-state index in [9.17, 15) is 9.18 Å². The average molecular weight is 252 g/mol. The Bertz CT molecular complexity index is 472. The van der Waals surface area contributed by atoms with Crippen molar-refractivity contribution in [2.24, 2.45) is 5.92 Å². The van der Waals surface area contributed by atoms with E-state index in [0.29, 0.717) is 17.3 Å². The molecule has 1 aliphatic rings. The van der Waals surface area contributed by atoms with Crippen LogP contribution in [-0.4, -0.2) is 24.2 Å². The lowest BCUT2D eigenvalue weighted by Gasteiger charge is -2.25. The molecule has 1 saturated carbocycles. The van der Waals surface area contributed by atoms with Crippen molar-refractivity contribution in [1.82, 2.24) is 0 Å². The van der Waals surface area contributed by atoms with E-state index in [-0.39, 0.29) is 5.56 Å². The maximum Gasteiger partial charge on any atom is 0.338 e. The third-order valence-corrected chi connectivity index (χ3v) is 3.24. The first kappa shape index (κ1) is 12.7. The zero-order chi connectivity index (χ0) is 13.3. The molecule has 2 rings (SSSR count). The van der Waals surface area contributed by atoms with E-state index in [1.165, 1.54) is 25.0 Å². The van der Waals surface area contributed by atoms with Crippen LogP contribution >= 0.6 is 0 Å². The molecule has 1 aromatic rings. The largest absolute Gasteiger partial charge is 0.478 e. The highest BCUT2D eigenvalue weighted by atomic mass is 19.1. The fourth-order valence-electron chi connectivity index (χ4n) is 2.03. The summed E-state index contributed by atoms with van der Waals surface area (Å²) in [5, 5.41) is 8.82. The second kappa shape index (κ2) is 4.84. The van der Waals surface area contributed by atoms with Gasteiger partial charge in [-0.15, -0.1) is 0 Å². The van der Waals surface area contributed by atoms with Crippen LogP contribution in [0.3, 0.4) is 0 Å². The number of benzene rings is 1. The van der Waals surface area contributed by atoms with Crippen LogP contribution in [-0.2, 0) is 0 Å². The van der Waals surface area contributed by atoms with E-state index in [0.717, 1.165) is 13.1 Å². The minimum Gasteiger partial charge on any atom is -0.478 e. The van der Waals surface area contributed by atoms with Gasteiger partial charge in [0.15, 0.2) is 0 Å². The normalized spacial score (nSPS) is 14.6. The molecule has 0 aromatic heterocycles. The van der Waals surface area contributed by atoms with Gasteiger partial charge in [-0.1, -0.05) is 0 Å². The summed E-state index contributed by atoms with van der Waals surface area (Å²) < 4.78 is 13.7. The van der Waals surface area contributed by atoms with Crippen LogP contribution in [0.1, 0.15) is 30.1 Å². The van der Waals surface area contributed by atoms with Crippen molar-refractivity contribution in [3.63, 3.8) is 0 Å². The monoisotopic (exact) mass is 252 g/mol. The molecular weight excluding hydrogens is 235 g/mol. The van der Waals surface area contributed by atoms with Gasteiger partial charge in [-0.3, -0.25) is 0 Å². The minimum absolute atomic E-state index is 0.316. The van der Waals surface area contributed by atoms with E-state index < -0.39 is 11.8 Å². The number of rotatable bonds is 5. The molecule has 0 saturated heterocycles. The van der Waals surface area contributed by atoms with Gasteiger partial charge in [-0.25, -0.2) is 9.18 Å². The smallest absolute Gasteiger partial charge is 0.338 e. The van der Waals surface area contributed by atoms with E-state index in [4.69, 9.17) is 10.8 Å². The molecule has 18 heavy (non-hydrogen) atoms. The highest BCUT2D eigenvalue weighted by Crippen LogP contribution is 2.34. The highest BCUT2D eigenvalue weighted by Gasteiger charge is 2.25. The summed E-state index contributed by atoms with van der Waals surface area (Å²) >= 11 is 0. The molecular formula is C13H17FN2O2. The lowest BCUT2D eigenvalue weighted by atomic mass is 10.1. The molecule has 0 amide bonds. The Labute approximate surface area is 105 Å². The standard InChI is InChI=1S/C13H17FN2O2/c1-2-16(7-8-3-4-8)12-6-10(14)9(13(17)18)5-11(12)15/h5-6,8H,2-4,7,15H2,1H3,(H,17,18). The molecule has 0 spiro atoms. The van der Waals surface area contributed by atoms with Crippen LogP contribution in [0.15, 0.2) is 12.1 Å². The maximum atomic E-state index is 13.7. The number of nitrogens with two attached hydrogens (primary N) is 1. The van der Waals surface area contributed by atoms with Crippen LogP contribution in [0.5, 0.6) is 0 Å². The maximum absolute atomic E-state index is 13.7. The molecule has 5 heteroatoms. The number of hydrogen-bond donors (Lipinski definition) is 2. The lowest BCUT2D eigenvalue weighted by molar-refractivity contribution is 0.0692. The number of anilines is 2. The molecule has 0 atom stereocenters. The van der Waals surface area contributed by atoms with Gasteiger partial charge in [0.25, 0.3) is 0 Å². The number of carboxylic acids is 1. The van der Waals surface area contributed by atoms with E-state index in [1.54, 1.807) is 0 Å². The number of hydrogen-bond acceptors (Lipinski definition) is 3. The summed E-state index contributed by atoms with van der Waals surface area (Å²) in [6.07, 6.45) is 2.40. The first-order chi connectivity index (χ1) is 8.52. The average Bonchev–Trinajstić information content (AvgIpc) is 3.12. The van der Waals surface area contributed by atoms with Gasteiger partial charge in [-0.05, 0) is 31.7 Å².